The van der Waals surface area contributed by atoms with Crippen LogP contribution in [0.25, 0.3) is 0 Å². The van der Waals surface area contributed by atoms with Crippen LogP contribution in [0.15, 0.2) is 48.5 Å². The van der Waals surface area contributed by atoms with E-state index in [0.717, 1.165) is 18.8 Å². The summed E-state index contributed by atoms with van der Waals surface area (Å²) < 4.78 is 5.49. The Bertz CT molecular complexity index is 837. The molecule has 1 aliphatic rings. The zero-order chi connectivity index (χ0) is 20.6. The van der Waals surface area contributed by atoms with Crippen molar-refractivity contribution in [3.8, 4) is 5.75 Å². The van der Waals surface area contributed by atoms with Gasteiger partial charge in [-0.2, -0.15) is 0 Å². The lowest BCUT2D eigenvalue weighted by atomic mass is 10.2. The number of amides is 2. The smallest absolute Gasteiger partial charge is 0.242 e. The van der Waals surface area contributed by atoms with E-state index in [4.69, 9.17) is 27.9 Å². The molecule has 0 radical (unpaired) electrons. The third-order valence-corrected chi connectivity index (χ3v) is 5.14. The second-order valence-corrected chi connectivity index (χ2v) is 7.55. The van der Waals surface area contributed by atoms with Crippen LogP contribution in [0, 0.1) is 0 Å². The number of rotatable bonds is 7. The summed E-state index contributed by atoms with van der Waals surface area (Å²) in [6.07, 6.45) is 0.171. The molecule has 1 fully saturated rings. The largest absolute Gasteiger partial charge is 0.493 e. The lowest BCUT2D eigenvalue weighted by Gasteiger charge is -2.36. The highest BCUT2D eigenvalue weighted by Crippen LogP contribution is 2.19. The van der Waals surface area contributed by atoms with Gasteiger partial charge in [0.15, 0.2) is 0 Å². The van der Waals surface area contributed by atoms with Crippen LogP contribution in [0.3, 0.4) is 0 Å². The minimum Gasteiger partial charge on any atom is -0.493 e. The van der Waals surface area contributed by atoms with Gasteiger partial charge in [0.2, 0.25) is 11.8 Å². The third kappa shape index (κ3) is 6.54. The van der Waals surface area contributed by atoms with Crippen molar-refractivity contribution in [3.05, 3.63) is 58.6 Å². The summed E-state index contributed by atoms with van der Waals surface area (Å²) in [4.78, 5) is 28.3. The molecule has 3 rings (SSSR count). The van der Waals surface area contributed by atoms with Gasteiger partial charge in [-0.05, 0) is 42.5 Å². The molecule has 2 aromatic rings. The fourth-order valence-corrected chi connectivity index (χ4v) is 3.36. The average molecular weight is 436 g/mol. The number of halogens is 2. The number of hydrogen-bond donors (Lipinski definition) is 1. The molecule has 1 heterocycles. The molecule has 1 saturated heterocycles. The molecule has 6 nitrogen and oxygen atoms in total. The SMILES string of the molecule is O=C(CCOc1cccc(Cl)c1)NCC(=O)N1CCN(c2ccc(Cl)cc2)CC1. The molecule has 0 aliphatic carbocycles. The van der Waals surface area contributed by atoms with Crippen molar-refractivity contribution in [3.63, 3.8) is 0 Å². The van der Waals surface area contributed by atoms with Gasteiger partial charge < -0.3 is 19.9 Å². The van der Waals surface area contributed by atoms with E-state index in [0.29, 0.717) is 28.9 Å². The van der Waals surface area contributed by atoms with Crippen molar-refractivity contribution >= 4 is 40.7 Å². The van der Waals surface area contributed by atoms with E-state index in [1.165, 1.54) is 0 Å². The van der Waals surface area contributed by atoms with Crippen LogP contribution in [0.2, 0.25) is 10.0 Å². The molecule has 154 valence electrons. The normalized spacial score (nSPS) is 13.9. The molecule has 2 aromatic carbocycles. The van der Waals surface area contributed by atoms with Gasteiger partial charge in [0.1, 0.15) is 5.75 Å². The molecule has 0 unspecified atom stereocenters. The molecule has 29 heavy (non-hydrogen) atoms. The zero-order valence-corrected chi connectivity index (χ0v) is 17.5. The minimum atomic E-state index is -0.222. The van der Waals surface area contributed by atoms with Gasteiger partial charge in [0.05, 0.1) is 19.6 Å². The summed E-state index contributed by atoms with van der Waals surface area (Å²) >= 11 is 11.8. The number of nitrogens with zero attached hydrogens (tertiary/aromatic N) is 2. The monoisotopic (exact) mass is 435 g/mol. The highest BCUT2D eigenvalue weighted by molar-refractivity contribution is 6.30. The predicted molar refractivity (Wildman–Crippen MR) is 115 cm³/mol. The van der Waals surface area contributed by atoms with Crippen LogP contribution in [0.5, 0.6) is 5.75 Å². The van der Waals surface area contributed by atoms with Crippen LogP contribution >= 0.6 is 23.2 Å². The number of anilines is 1. The molecule has 0 spiro atoms. The van der Waals surface area contributed by atoms with Gasteiger partial charge in [0.25, 0.3) is 0 Å². The Morgan fingerprint density at radius 3 is 2.38 bits per heavy atom. The summed E-state index contributed by atoms with van der Waals surface area (Å²) in [5, 5.41) is 3.94. The molecular formula is C21H23Cl2N3O3. The van der Waals surface area contributed by atoms with Crippen molar-refractivity contribution < 1.29 is 14.3 Å². The fraction of sp³-hybridized carbons (Fsp3) is 0.333. The van der Waals surface area contributed by atoms with Crippen molar-refractivity contribution in [2.75, 3.05) is 44.2 Å². The standard InChI is InChI=1S/C21H23Cl2N3O3/c22-16-4-6-18(7-5-16)25-9-11-26(12-10-25)21(28)15-24-20(27)8-13-29-19-3-1-2-17(23)14-19/h1-7,14H,8-13,15H2,(H,24,27). The van der Waals surface area contributed by atoms with Crippen molar-refractivity contribution in [2.45, 2.75) is 6.42 Å². The Labute approximate surface area is 180 Å². The van der Waals surface area contributed by atoms with Crippen LogP contribution in [0.4, 0.5) is 5.69 Å². The van der Waals surface area contributed by atoms with Crippen LogP contribution in [-0.4, -0.2) is 56.0 Å². The highest BCUT2D eigenvalue weighted by Gasteiger charge is 2.21. The molecule has 0 atom stereocenters. The highest BCUT2D eigenvalue weighted by atomic mass is 35.5. The van der Waals surface area contributed by atoms with Crippen LogP contribution < -0.4 is 15.0 Å². The Morgan fingerprint density at radius 1 is 0.966 bits per heavy atom. The first-order valence-electron chi connectivity index (χ1n) is 9.44. The second kappa shape index (κ2) is 10.4. The lowest BCUT2D eigenvalue weighted by molar-refractivity contribution is -0.133. The first kappa shape index (κ1) is 21.3. The number of benzene rings is 2. The molecule has 0 saturated carbocycles. The van der Waals surface area contributed by atoms with Crippen molar-refractivity contribution in [1.29, 1.82) is 0 Å². The molecule has 8 heteroatoms. The Balaban J connectivity index is 1.34. The van der Waals surface area contributed by atoms with Gasteiger partial charge >= 0.3 is 0 Å². The average Bonchev–Trinajstić information content (AvgIpc) is 2.73. The third-order valence-electron chi connectivity index (χ3n) is 4.65. The van der Waals surface area contributed by atoms with Crippen molar-refractivity contribution in [2.24, 2.45) is 0 Å². The van der Waals surface area contributed by atoms with E-state index in [1.807, 2.05) is 24.3 Å². The van der Waals surface area contributed by atoms with Gasteiger partial charge in [-0.15, -0.1) is 0 Å². The predicted octanol–water partition coefficient (Wildman–Crippen LogP) is 3.23. The molecule has 0 aromatic heterocycles. The first-order chi connectivity index (χ1) is 14.0. The maximum atomic E-state index is 12.4. The molecule has 0 bridgehead atoms. The van der Waals surface area contributed by atoms with Crippen molar-refractivity contribution in [1.82, 2.24) is 10.2 Å². The van der Waals surface area contributed by atoms with E-state index in [2.05, 4.69) is 10.2 Å². The summed E-state index contributed by atoms with van der Waals surface area (Å²) in [5.74, 6) is 0.310. The summed E-state index contributed by atoms with van der Waals surface area (Å²) in [5.41, 5.74) is 1.09. The van der Waals surface area contributed by atoms with E-state index >= 15 is 0 Å². The van der Waals surface area contributed by atoms with Gasteiger partial charge in [-0.25, -0.2) is 0 Å². The van der Waals surface area contributed by atoms with Crippen LogP contribution in [-0.2, 0) is 9.59 Å². The summed E-state index contributed by atoms with van der Waals surface area (Å²) in [7, 11) is 0. The molecular weight excluding hydrogens is 413 g/mol. The van der Waals surface area contributed by atoms with Crippen LogP contribution in [0.1, 0.15) is 6.42 Å². The maximum Gasteiger partial charge on any atom is 0.242 e. The van der Waals surface area contributed by atoms with Gasteiger partial charge in [-0.3, -0.25) is 9.59 Å². The molecule has 1 N–H and O–H groups in total. The fourth-order valence-electron chi connectivity index (χ4n) is 3.06. The Kier molecular flexibility index (Phi) is 7.61. The second-order valence-electron chi connectivity index (χ2n) is 6.68. The Hall–Kier alpha value is -2.44. The van der Waals surface area contributed by atoms with Gasteiger partial charge in [-0.1, -0.05) is 29.3 Å². The molecule has 1 aliphatic heterocycles. The topological polar surface area (TPSA) is 61.9 Å². The number of piperazine rings is 1. The first-order valence-corrected chi connectivity index (χ1v) is 10.2. The van der Waals surface area contributed by atoms with E-state index in [9.17, 15) is 9.59 Å². The van der Waals surface area contributed by atoms with E-state index < -0.39 is 0 Å². The lowest BCUT2D eigenvalue weighted by Crippen LogP contribution is -2.51. The number of nitrogens with one attached hydrogen (secondary N) is 1. The zero-order valence-electron chi connectivity index (χ0n) is 15.9. The number of ether oxygens (including phenoxy) is 1. The summed E-state index contributed by atoms with van der Waals surface area (Å²) in [6.45, 7) is 2.95. The summed E-state index contributed by atoms with van der Waals surface area (Å²) in [6, 6.07) is 14.7. The van der Waals surface area contributed by atoms with E-state index in [1.54, 1.807) is 29.2 Å². The minimum absolute atomic E-state index is 0.00303. The quantitative estimate of drug-likeness (QED) is 0.724. The maximum absolute atomic E-state index is 12.4. The van der Waals surface area contributed by atoms with E-state index in [-0.39, 0.29) is 31.4 Å². The number of carbonyl (C=O) groups is 2. The molecule has 2 amide bonds. The number of hydrogen-bond acceptors (Lipinski definition) is 4. The number of carbonyl (C=O) groups excluding carboxylic acids is 2. The van der Waals surface area contributed by atoms with Gasteiger partial charge in [0, 0.05) is 41.9 Å². The Morgan fingerprint density at radius 2 is 1.69 bits per heavy atom.